The van der Waals surface area contributed by atoms with E-state index in [9.17, 15) is 14.4 Å². The first-order valence-corrected chi connectivity index (χ1v) is 9.06. The maximum absolute atomic E-state index is 12.8. The van der Waals surface area contributed by atoms with Crippen LogP contribution in [0.3, 0.4) is 0 Å². The molecule has 1 aromatic heterocycles. The van der Waals surface area contributed by atoms with E-state index in [-0.39, 0.29) is 17.4 Å². The molecule has 1 aromatic carbocycles. The van der Waals surface area contributed by atoms with E-state index in [0.717, 1.165) is 11.3 Å². The number of hydrogen-bond donors (Lipinski definition) is 1. The lowest BCUT2D eigenvalue weighted by Crippen LogP contribution is -2.54. The molecule has 2 aromatic rings. The van der Waals surface area contributed by atoms with Gasteiger partial charge in [-0.3, -0.25) is 19.9 Å². The fraction of sp³-hybridized carbons (Fsp3) is 0.200. The lowest BCUT2D eigenvalue weighted by Gasteiger charge is -2.26. The lowest BCUT2D eigenvalue weighted by molar-refractivity contribution is -0.122. The highest BCUT2D eigenvalue weighted by Crippen LogP contribution is 2.28. The Morgan fingerprint density at radius 3 is 2.71 bits per heavy atom. The molecular weight excluding hydrogens is 382 g/mol. The topological polar surface area (TPSA) is 88.6 Å². The van der Waals surface area contributed by atoms with E-state index < -0.39 is 17.8 Å². The fourth-order valence-electron chi connectivity index (χ4n) is 2.55. The van der Waals surface area contributed by atoms with Gasteiger partial charge >= 0.3 is 6.03 Å². The summed E-state index contributed by atoms with van der Waals surface area (Å²) in [6, 6.07) is 7.27. The van der Waals surface area contributed by atoms with Gasteiger partial charge in [-0.05, 0) is 49.2 Å². The number of barbiturate groups is 1. The van der Waals surface area contributed by atoms with Gasteiger partial charge in [-0.25, -0.2) is 9.69 Å². The number of nitrogens with zero attached hydrogens (tertiary/aromatic N) is 2. The maximum Gasteiger partial charge on any atom is 0.336 e. The van der Waals surface area contributed by atoms with Crippen molar-refractivity contribution >= 4 is 41.2 Å². The number of pyridine rings is 1. The van der Waals surface area contributed by atoms with E-state index >= 15 is 0 Å². The molecule has 0 spiro atoms. The molecule has 0 saturated carbocycles. The summed E-state index contributed by atoms with van der Waals surface area (Å²) in [5, 5.41) is 2.52. The highest BCUT2D eigenvalue weighted by atomic mass is 35.5. The molecule has 7 nitrogen and oxygen atoms in total. The average Bonchev–Trinajstić information content (AvgIpc) is 2.67. The molecule has 4 amide bonds. The molecule has 1 aliphatic heterocycles. The maximum atomic E-state index is 12.8. The van der Waals surface area contributed by atoms with Crippen molar-refractivity contribution in [3.05, 3.63) is 58.9 Å². The molecule has 0 bridgehead atoms. The van der Waals surface area contributed by atoms with Gasteiger partial charge in [0.15, 0.2) is 0 Å². The summed E-state index contributed by atoms with van der Waals surface area (Å²) < 4.78 is 5.71. The Labute approximate surface area is 167 Å². The summed E-state index contributed by atoms with van der Waals surface area (Å²) in [6.07, 6.45) is 5.10. The number of carbonyl (C=O) groups excluding carboxylic acids is 3. The van der Waals surface area contributed by atoms with Crippen molar-refractivity contribution in [1.29, 1.82) is 0 Å². The first-order valence-electron chi connectivity index (χ1n) is 8.68. The zero-order valence-electron chi connectivity index (χ0n) is 15.3. The predicted molar refractivity (Wildman–Crippen MR) is 105 cm³/mol. The Kier molecular flexibility index (Phi) is 5.75. The molecule has 1 unspecified atom stereocenters. The van der Waals surface area contributed by atoms with Gasteiger partial charge in [0.1, 0.15) is 11.3 Å². The Balaban J connectivity index is 1.92. The Morgan fingerprint density at radius 2 is 2.07 bits per heavy atom. The smallest absolute Gasteiger partial charge is 0.336 e. The number of anilines is 1. The third-order valence-electron chi connectivity index (χ3n) is 4.18. The number of nitrogens with one attached hydrogen (secondary N) is 1. The number of ether oxygens (including phenoxy) is 1. The van der Waals surface area contributed by atoms with E-state index in [0.29, 0.717) is 16.3 Å². The molecule has 1 fully saturated rings. The minimum atomic E-state index is -0.824. The van der Waals surface area contributed by atoms with Crippen molar-refractivity contribution in [3.63, 3.8) is 0 Å². The highest BCUT2D eigenvalue weighted by Gasteiger charge is 2.36. The molecule has 1 saturated heterocycles. The van der Waals surface area contributed by atoms with E-state index in [1.165, 1.54) is 18.5 Å². The number of hydrogen-bond acceptors (Lipinski definition) is 5. The second-order valence-electron chi connectivity index (χ2n) is 6.20. The predicted octanol–water partition coefficient (Wildman–Crippen LogP) is 3.58. The first-order chi connectivity index (χ1) is 13.4. The Bertz CT molecular complexity index is 959. The van der Waals surface area contributed by atoms with Crippen molar-refractivity contribution < 1.29 is 19.1 Å². The number of urea groups is 1. The number of rotatable bonds is 5. The third kappa shape index (κ3) is 4.04. The Hall–Kier alpha value is -3.19. The van der Waals surface area contributed by atoms with Crippen molar-refractivity contribution in [2.45, 2.75) is 26.4 Å². The SMILES string of the molecule is CCC(C)Oc1ccc(/C=C2\C(=O)NC(=O)N(c3cccnc3)C2=O)cc1Cl. The molecule has 2 heterocycles. The van der Waals surface area contributed by atoms with Crippen LogP contribution < -0.4 is 15.0 Å². The van der Waals surface area contributed by atoms with Crippen LogP contribution in [0.5, 0.6) is 5.75 Å². The van der Waals surface area contributed by atoms with E-state index in [1.54, 1.807) is 30.3 Å². The summed E-state index contributed by atoms with van der Waals surface area (Å²) in [4.78, 5) is 41.9. The number of carbonyl (C=O) groups is 3. The van der Waals surface area contributed by atoms with Crippen LogP contribution in [0, 0.1) is 0 Å². The summed E-state index contributed by atoms with van der Waals surface area (Å²) in [7, 11) is 0. The number of aromatic nitrogens is 1. The van der Waals surface area contributed by atoms with Gasteiger partial charge in [-0.2, -0.15) is 0 Å². The van der Waals surface area contributed by atoms with Gasteiger partial charge in [0, 0.05) is 6.20 Å². The van der Waals surface area contributed by atoms with Gasteiger partial charge in [0.2, 0.25) is 0 Å². The van der Waals surface area contributed by atoms with E-state index in [1.807, 2.05) is 13.8 Å². The van der Waals surface area contributed by atoms with Crippen LogP contribution in [-0.2, 0) is 9.59 Å². The summed E-state index contributed by atoms with van der Waals surface area (Å²) in [5.74, 6) is -0.992. The standard InChI is InChI=1S/C20H18ClN3O4/c1-3-12(2)28-17-7-6-13(10-16(17)21)9-15-18(25)23-20(27)24(19(15)26)14-5-4-8-22-11-14/h4-12H,3H2,1-2H3,(H,23,25,27)/b15-9+. The van der Waals surface area contributed by atoms with Gasteiger partial charge in [0.25, 0.3) is 11.8 Å². The van der Waals surface area contributed by atoms with Gasteiger partial charge in [-0.15, -0.1) is 0 Å². The molecule has 0 aliphatic carbocycles. The first kappa shape index (κ1) is 19.6. The normalized spacial score (nSPS) is 16.9. The molecule has 0 radical (unpaired) electrons. The summed E-state index contributed by atoms with van der Waals surface area (Å²) in [6.45, 7) is 3.93. The molecule has 144 valence electrons. The van der Waals surface area contributed by atoms with Crippen molar-refractivity contribution in [2.24, 2.45) is 0 Å². The lowest BCUT2D eigenvalue weighted by atomic mass is 10.1. The second kappa shape index (κ2) is 8.22. The van der Waals surface area contributed by atoms with Crippen molar-refractivity contribution in [2.75, 3.05) is 4.90 Å². The largest absolute Gasteiger partial charge is 0.489 e. The van der Waals surface area contributed by atoms with Crippen LogP contribution in [0.25, 0.3) is 6.08 Å². The van der Waals surface area contributed by atoms with Crippen LogP contribution in [0.15, 0.2) is 48.3 Å². The fourth-order valence-corrected chi connectivity index (χ4v) is 2.78. The van der Waals surface area contributed by atoms with Crippen LogP contribution >= 0.6 is 11.6 Å². The zero-order chi connectivity index (χ0) is 20.3. The van der Waals surface area contributed by atoms with Crippen LogP contribution in [0.4, 0.5) is 10.5 Å². The van der Waals surface area contributed by atoms with Gasteiger partial charge in [-0.1, -0.05) is 24.6 Å². The van der Waals surface area contributed by atoms with Crippen LogP contribution in [-0.4, -0.2) is 28.9 Å². The monoisotopic (exact) mass is 399 g/mol. The van der Waals surface area contributed by atoms with Gasteiger partial charge < -0.3 is 4.74 Å². The molecule has 1 atom stereocenters. The third-order valence-corrected chi connectivity index (χ3v) is 4.47. The van der Waals surface area contributed by atoms with E-state index in [4.69, 9.17) is 16.3 Å². The van der Waals surface area contributed by atoms with Crippen LogP contribution in [0.2, 0.25) is 5.02 Å². The van der Waals surface area contributed by atoms with Crippen molar-refractivity contribution in [3.8, 4) is 5.75 Å². The molecule has 28 heavy (non-hydrogen) atoms. The second-order valence-corrected chi connectivity index (χ2v) is 6.60. The number of imide groups is 2. The number of halogens is 1. The average molecular weight is 400 g/mol. The number of amides is 4. The minimum absolute atomic E-state index is 0.00598. The van der Waals surface area contributed by atoms with E-state index in [2.05, 4.69) is 10.3 Å². The van der Waals surface area contributed by atoms with Crippen molar-refractivity contribution in [1.82, 2.24) is 10.3 Å². The van der Waals surface area contributed by atoms with Crippen LogP contribution in [0.1, 0.15) is 25.8 Å². The summed E-state index contributed by atoms with van der Waals surface area (Å²) in [5.41, 5.74) is 0.606. The number of benzene rings is 1. The Morgan fingerprint density at radius 1 is 1.29 bits per heavy atom. The zero-order valence-corrected chi connectivity index (χ0v) is 16.1. The van der Waals surface area contributed by atoms with Gasteiger partial charge in [0.05, 0.1) is 23.0 Å². The molecule has 3 rings (SSSR count). The summed E-state index contributed by atoms with van der Waals surface area (Å²) >= 11 is 6.26. The highest BCUT2D eigenvalue weighted by molar-refractivity contribution is 6.39. The molecule has 1 aliphatic rings. The molecule has 1 N–H and O–H groups in total. The quantitative estimate of drug-likeness (QED) is 0.613. The molecular formula is C20H18ClN3O4. The minimum Gasteiger partial charge on any atom is -0.489 e. The molecule has 8 heteroatoms.